The number of nitro groups is 1. The molecule has 2 aromatic rings. The van der Waals surface area contributed by atoms with Gasteiger partial charge >= 0.3 is 0 Å². The summed E-state index contributed by atoms with van der Waals surface area (Å²) in [6, 6.07) is 9.59. The van der Waals surface area contributed by atoms with Gasteiger partial charge in [0.15, 0.2) is 17.0 Å². The second kappa shape index (κ2) is 7.55. The largest absolute Gasteiger partial charge is 0.493 e. The van der Waals surface area contributed by atoms with Gasteiger partial charge in [-0.25, -0.2) is 0 Å². The number of nitrogens with one attached hydrogen (secondary N) is 1. The van der Waals surface area contributed by atoms with E-state index >= 15 is 0 Å². The summed E-state index contributed by atoms with van der Waals surface area (Å²) >= 11 is 3.50. The van der Waals surface area contributed by atoms with Crippen molar-refractivity contribution in [2.24, 2.45) is 0 Å². The molecule has 8 nitrogen and oxygen atoms in total. The van der Waals surface area contributed by atoms with Crippen molar-refractivity contribution >= 4 is 27.5 Å². The maximum Gasteiger partial charge on any atom is 0.256 e. The molecule has 1 N–H and O–H groups in total. The summed E-state index contributed by atoms with van der Waals surface area (Å²) in [5.41, 5.74) is 0.596. The van der Waals surface area contributed by atoms with Gasteiger partial charge < -0.3 is 14.8 Å². The van der Waals surface area contributed by atoms with E-state index in [0.29, 0.717) is 45.9 Å². The number of fused-ring (bicyclic) bond motifs is 2. The number of likely N-dealkylation sites (tertiary alicyclic amines) is 1. The summed E-state index contributed by atoms with van der Waals surface area (Å²) < 4.78 is 11.8. The minimum Gasteiger partial charge on any atom is -0.493 e. The molecule has 0 unspecified atom stereocenters. The van der Waals surface area contributed by atoms with Gasteiger partial charge in [-0.1, -0.05) is 18.2 Å². The Morgan fingerprint density at radius 2 is 2.10 bits per heavy atom. The topological polar surface area (TPSA) is 93.9 Å². The zero-order valence-electron chi connectivity index (χ0n) is 16.8. The number of hydrogen-bond acceptors (Lipinski definition) is 6. The number of para-hydroxylation sites is 1. The van der Waals surface area contributed by atoms with Crippen LogP contribution in [-0.2, 0) is 10.3 Å². The number of amides is 1. The molecule has 158 valence electrons. The Morgan fingerprint density at radius 1 is 1.37 bits per heavy atom. The number of ether oxygens (including phenoxy) is 2. The first kappa shape index (κ1) is 20.6. The van der Waals surface area contributed by atoms with Gasteiger partial charge in [-0.15, -0.1) is 0 Å². The van der Waals surface area contributed by atoms with E-state index in [-0.39, 0.29) is 10.8 Å². The van der Waals surface area contributed by atoms with Crippen molar-refractivity contribution in [3.63, 3.8) is 0 Å². The number of benzene rings is 2. The summed E-state index contributed by atoms with van der Waals surface area (Å²) in [7, 11) is 3.29. The summed E-state index contributed by atoms with van der Waals surface area (Å²) in [5.74, 6) is 0.143. The minimum absolute atomic E-state index is 0.327. The van der Waals surface area contributed by atoms with Gasteiger partial charge in [0.05, 0.1) is 24.1 Å². The number of carbonyl (C=O) groups is 1. The molecule has 2 aromatic carbocycles. The van der Waals surface area contributed by atoms with Crippen LogP contribution in [0.2, 0.25) is 0 Å². The first-order valence-corrected chi connectivity index (χ1v) is 10.4. The van der Waals surface area contributed by atoms with Crippen LogP contribution < -0.4 is 14.8 Å². The number of anilines is 1. The quantitative estimate of drug-likeness (QED) is 0.526. The highest BCUT2D eigenvalue weighted by molar-refractivity contribution is 9.10. The third-order valence-corrected chi connectivity index (χ3v) is 6.60. The summed E-state index contributed by atoms with van der Waals surface area (Å²) in [6.45, 7) is 2.67. The number of hydrogen-bond donors (Lipinski definition) is 1. The number of carbonyl (C=O) groups excluding carboxylic acids is 1. The smallest absolute Gasteiger partial charge is 0.256 e. The van der Waals surface area contributed by atoms with E-state index < -0.39 is 17.5 Å². The molecule has 0 bridgehead atoms. The highest BCUT2D eigenvalue weighted by Crippen LogP contribution is 2.53. The van der Waals surface area contributed by atoms with E-state index in [2.05, 4.69) is 21.2 Å². The average molecular weight is 476 g/mol. The minimum atomic E-state index is -1.37. The molecule has 0 aliphatic carbocycles. The molecular weight excluding hydrogens is 454 g/mol. The standard InChI is InChI=1S/C21H22BrN3O5/c1-4-30-18-15(22)9-12(10-17(18)29-3)13-11-24(2)21(19(13)25(27)28)14-7-5-6-8-16(14)23-20(21)26/h5-10,13,19H,4,11H2,1-3H3,(H,23,26)/t13-,19-,21-/m0/s1. The van der Waals surface area contributed by atoms with Crippen LogP contribution in [0.3, 0.4) is 0 Å². The van der Waals surface area contributed by atoms with Crippen LogP contribution in [0.5, 0.6) is 11.5 Å². The fourth-order valence-corrected chi connectivity index (χ4v) is 5.39. The Morgan fingerprint density at radius 3 is 2.77 bits per heavy atom. The molecule has 2 aliphatic rings. The molecular formula is C21H22BrN3O5. The van der Waals surface area contributed by atoms with E-state index in [1.807, 2.05) is 13.0 Å². The second-order valence-corrected chi connectivity index (χ2v) is 8.30. The Bertz CT molecular complexity index is 1030. The van der Waals surface area contributed by atoms with Gasteiger partial charge in [-0.2, -0.15) is 0 Å². The zero-order chi connectivity index (χ0) is 21.6. The Labute approximate surface area is 182 Å². The van der Waals surface area contributed by atoms with Gasteiger partial charge in [0.2, 0.25) is 0 Å². The second-order valence-electron chi connectivity index (χ2n) is 7.45. The fourth-order valence-electron chi connectivity index (χ4n) is 4.82. The normalized spacial score (nSPS) is 25.3. The van der Waals surface area contributed by atoms with Crippen molar-refractivity contribution in [3.05, 3.63) is 62.1 Å². The molecule has 0 saturated carbocycles. The third kappa shape index (κ3) is 2.79. The molecule has 1 fully saturated rings. The highest BCUT2D eigenvalue weighted by Gasteiger charge is 2.68. The van der Waals surface area contributed by atoms with Crippen LogP contribution in [0.25, 0.3) is 0 Å². The maximum atomic E-state index is 13.2. The molecule has 2 aliphatic heterocycles. The number of nitrogens with zero attached hydrogens (tertiary/aromatic N) is 2. The van der Waals surface area contributed by atoms with Crippen molar-refractivity contribution in [3.8, 4) is 11.5 Å². The summed E-state index contributed by atoms with van der Waals surface area (Å²) in [5, 5.41) is 15.2. The lowest BCUT2D eigenvalue weighted by atomic mass is 9.79. The van der Waals surface area contributed by atoms with Crippen molar-refractivity contribution in [2.75, 3.05) is 32.6 Å². The van der Waals surface area contributed by atoms with E-state index in [0.717, 1.165) is 0 Å². The number of likely N-dealkylation sites (N-methyl/N-ethyl adjacent to an activating group) is 1. The molecule has 2 heterocycles. The van der Waals surface area contributed by atoms with Crippen LogP contribution >= 0.6 is 15.9 Å². The summed E-state index contributed by atoms with van der Waals surface area (Å²) in [4.78, 5) is 27.0. The lowest BCUT2D eigenvalue weighted by Crippen LogP contribution is -2.54. The molecule has 4 rings (SSSR count). The van der Waals surface area contributed by atoms with Crippen molar-refractivity contribution in [1.29, 1.82) is 0 Å². The third-order valence-electron chi connectivity index (χ3n) is 6.01. The monoisotopic (exact) mass is 475 g/mol. The molecule has 1 amide bonds. The van der Waals surface area contributed by atoms with Crippen LogP contribution in [0.4, 0.5) is 5.69 Å². The first-order chi connectivity index (χ1) is 14.4. The van der Waals surface area contributed by atoms with E-state index in [4.69, 9.17) is 9.47 Å². The van der Waals surface area contributed by atoms with Crippen LogP contribution in [0, 0.1) is 10.1 Å². The molecule has 0 aromatic heterocycles. The molecule has 9 heteroatoms. The maximum absolute atomic E-state index is 13.2. The number of halogens is 1. The fraction of sp³-hybridized carbons (Fsp3) is 0.381. The Kier molecular flexibility index (Phi) is 5.19. The predicted molar refractivity (Wildman–Crippen MR) is 115 cm³/mol. The molecule has 1 spiro atoms. The molecule has 0 radical (unpaired) electrons. The Hall–Kier alpha value is -2.65. The van der Waals surface area contributed by atoms with Crippen molar-refractivity contribution < 1.29 is 19.2 Å². The molecule has 30 heavy (non-hydrogen) atoms. The van der Waals surface area contributed by atoms with Crippen molar-refractivity contribution in [2.45, 2.75) is 24.4 Å². The van der Waals surface area contributed by atoms with E-state index in [1.165, 1.54) is 7.11 Å². The van der Waals surface area contributed by atoms with E-state index in [9.17, 15) is 14.9 Å². The van der Waals surface area contributed by atoms with Gasteiger partial charge in [0, 0.05) is 22.7 Å². The van der Waals surface area contributed by atoms with Gasteiger partial charge in [0.25, 0.3) is 11.9 Å². The predicted octanol–water partition coefficient (Wildman–Crippen LogP) is 3.38. The van der Waals surface area contributed by atoms with Crippen LogP contribution in [0.1, 0.15) is 24.0 Å². The van der Waals surface area contributed by atoms with Gasteiger partial charge in [0.1, 0.15) is 0 Å². The van der Waals surface area contributed by atoms with Gasteiger partial charge in [-0.05, 0) is 53.7 Å². The number of rotatable bonds is 5. The van der Waals surface area contributed by atoms with Gasteiger partial charge in [-0.3, -0.25) is 19.8 Å². The van der Waals surface area contributed by atoms with E-state index in [1.54, 1.807) is 42.3 Å². The zero-order valence-corrected chi connectivity index (χ0v) is 18.4. The Balaban J connectivity index is 1.87. The molecule has 3 atom stereocenters. The first-order valence-electron chi connectivity index (χ1n) is 9.62. The SMILES string of the molecule is CCOc1c(Br)cc([C@@H]2CN(C)[C@]3(C(=O)Nc4ccccc43)[C@H]2[N+](=O)[O-])cc1OC. The lowest BCUT2D eigenvalue weighted by Gasteiger charge is -2.30. The van der Waals surface area contributed by atoms with Crippen LogP contribution in [0.15, 0.2) is 40.9 Å². The van der Waals surface area contributed by atoms with Crippen LogP contribution in [-0.4, -0.2) is 49.1 Å². The number of methoxy groups -OCH3 is 1. The van der Waals surface area contributed by atoms with Crippen molar-refractivity contribution in [1.82, 2.24) is 4.90 Å². The average Bonchev–Trinajstić information content (AvgIpc) is 3.19. The molecule has 1 saturated heterocycles. The lowest BCUT2D eigenvalue weighted by molar-refractivity contribution is -0.534. The summed E-state index contributed by atoms with van der Waals surface area (Å²) in [6.07, 6.45) is 0. The highest BCUT2D eigenvalue weighted by atomic mass is 79.9.